The summed E-state index contributed by atoms with van der Waals surface area (Å²) in [5.74, 6) is 0.964. The summed E-state index contributed by atoms with van der Waals surface area (Å²) in [6.07, 6.45) is -0.108. The van der Waals surface area contributed by atoms with E-state index in [0.717, 1.165) is 11.5 Å². The Morgan fingerprint density at radius 3 is 2.55 bits per heavy atom. The van der Waals surface area contributed by atoms with Crippen LogP contribution in [0.25, 0.3) is 0 Å². The van der Waals surface area contributed by atoms with Gasteiger partial charge in [-0.05, 0) is 43.3 Å². The molecule has 0 saturated heterocycles. The van der Waals surface area contributed by atoms with Gasteiger partial charge in [-0.2, -0.15) is 0 Å². The first-order valence-electron chi connectivity index (χ1n) is 6.83. The molecule has 0 aliphatic rings. The summed E-state index contributed by atoms with van der Waals surface area (Å²) in [5, 5.41) is 12.0. The number of nitrogens with one attached hydrogen (secondary N) is 1. The van der Waals surface area contributed by atoms with Gasteiger partial charge in [-0.25, -0.2) is 9.78 Å². The number of benzene rings is 1. The van der Waals surface area contributed by atoms with Crippen LogP contribution in [0.4, 0.5) is 5.82 Å². The number of aromatic carboxylic acids is 1. The number of hydrogen-bond donors (Lipinski definition) is 2. The molecule has 1 unspecified atom stereocenters. The van der Waals surface area contributed by atoms with Gasteiger partial charge in [-0.15, -0.1) is 0 Å². The van der Waals surface area contributed by atoms with E-state index in [1.165, 1.54) is 6.07 Å². The van der Waals surface area contributed by atoms with E-state index in [0.29, 0.717) is 12.4 Å². The minimum atomic E-state index is -1.05. The molecular weight excluding hydrogens is 284 g/mol. The van der Waals surface area contributed by atoms with Crippen molar-refractivity contribution in [3.8, 4) is 11.5 Å². The number of aromatic nitrogens is 1. The predicted molar refractivity (Wildman–Crippen MR) is 82.8 cm³/mol. The highest BCUT2D eigenvalue weighted by atomic mass is 16.5. The topological polar surface area (TPSA) is 80.7 Å². The molecule has 1 heterocycles. The van der Waals surface area contributed by atoms with Crippen LogP contribution in [0.2, 0.25) is 0 Å². The lowest BCUT2D eigenvalue weighted by atomic mass is 10.3. The van der Waals surface area contributed by atoms with E-state index >= 15 is 0 Å². The first-order chi connectivity index (χ1) is 10.6. The molecule has 1 atom stereocenters. The SMILES string of the molecule is COc1ccc(OC(C)CNc2cccc(C(=O)O)n2)cc1. The minimum absolute atomic E-state index is 0.00808. The van der Waals surface area contributed by atoms with Gasteiger partial charge in [-0.1, -0.05) is 6.07 Å². The van der Waals surface area contributed by atoms with E-state index in [-0.39, 0.29) is 11.8 Å². The number of ether oxygens (including phenoxy) is 2. The molecule has 1 aromatic heterocycles. The summed E-state index contributed by atoms with van der Waals surface area (Å²) in [5.41, 5.74) is 0.00808. The lowest BCUT2D eigenvalue weighted by Crippen LogP contribution is -2.23. The lowest BCUT2D eigenvalue weighted by molar-refractivity contribution is 0.0690. The predicted octanol–water partition coefficient (Wildman–Crippen LogP) is 2.67. The molecule has 2 N–H and O–H groups in total. The molecule has 1 aromatic carbocycles. The second-order valence-corrected chi connectivity index (χ2v) is 4.70. The maximum absolute atomic E-state index is 10.9. The molecule has 2 aromatic rings. The number of rotatable bonds is 7. The van der Waals surface area contributed by atoms with E-state index in [9.17, 15) is 4.79 Å². The van der Waals surface area contributed by atoms with E-state index in [1.807, 2.05) is 31.2 Å². The number of nitrogens with zero attached hydrogens (tertiary/aromatic N) is 1. The van der Waals surface area contributed by atoms with Gasteiger partial charge >= 0.3 is 5.97 Å². The number of carboxylic acid groups (broad SMARTS) is 1. The van der Waals surface area contributed by atoms with Crippen molar-refractivity contribution in [2.45, 2.75) is 13.0 Å². The monoisotopic (exact) mass is 302 g/mol. The Morgan fingerprint density at radius 1 is 1.23 bits per heavy atom. The molecule has 0 bridgehead atoms. The second-order valence-electron chi connectivity index (χ2n) is 4.70. The van der Waals surface area contributed by atoms with Crippen LogP contribution in [-0.4, -0.2) is 35.8 Å². The molecule has 2 rings (SSSR count). The van der Waals surface area contributed by atoms with Gasteiger partial charge in [0.15, 0.2) is 5.69 Å². The Balaban J connectivity index is 1.88. The molecule has 0 spiro atoms. The normalized spacial score (nSPS) is 11.5. The Morgan fingerprint density at radius 2 is 1.91 bits per heavy atom. The van der Waals surface area contributed by atoms with Crippen molar-refractivity contribution in [1.82, 2.24) is 4.98 Å². The highest BCUT2D eigenvalue weighted by Crippen LogP contribution is 2.18. The van der Waals surface area contributed by atoms with Gasteiger partial charge in [0.2, 0.25) is 0 Å². The van der Waals surface area contributed by atoms with Crippen LogP contribution in [0.3, 0.4) is 0 Å². The third-order valence-electron chi connectivity index (χ3n) is 2.94. The number of pyridine rings is 1. The van der Waals surface area contributed by atoms with Crippen molar-refractivity contribution in [2.24, 2.45) is 0 Å². The molecule has 116 valence electrons. The average Bonchev–Trinajstić information content (AvgIpc) is 2.54. The number of methoxy groups -OCH3 is 1. The Labute approximate surface area is 128 Å². The molecule has 0 fully saturated rings. The second kappa shape index (κ2) is 7.31. The van der Waals surface area contributed by atoms with Crippen molar-refractivity contribution in [3.63, 3.8) is 0 Å². The average molecular weight is 302 g/mol. The summed E-state index contributed by atoms with van der Waals surface area (Å²) in [6, 6.07) is 12.1. The Bertz CT molecular complexity index is 628. The van der Waals surface area contributed by atoms with E-state index in [2.05, 4.69) is 10.3 Å². The fourth-order valence-corrected chi connectivity index (χ4v) is 1.83. The quantitative estimate of drug-likeness (QED) is 0.818. The van der Waals surface area contributed by atoms with Gasteiger partial charge < -0.3 is 19.9 Å². The molecule has 6 nitrogen and oxygen atoms in total. The van der Waals surface area contributed by atoms with E-state index in [1.54, 1.807) is 19.2 Å². The highest BCUT2D eigenvalue weighted by Gasteiger charge is 2.07. The van der Waals surface area contributed by atoms with Crippen LogP contribution < -0.4 is 14.8 Å². The molecular formula is C16H18N2O4. The van der Waals surface area contributed by atoms with Gasteiger partial charge in [0.05, 0.1) is 13.7 Å². The van der Waals surface area contributed by atoms with Gasteiger partial charge in [0.25, 0.3) is 0 Å². The highest BCUT2D eigenvalue weighted by molar-refractivity contribution is 5.85. The number of anilines is 1. The molecule has 0 saturated carbocycles. The molecule has 22 heavy (non-hydrogen) atoms. The van der Waals surface area contributed by atoms with E-state index < -0.39 is 5.97 Å². The zero-order valence-corrected chi connectivity index (χ0v) is 12.4. The molecule has 0 amide bonds. The molecule has 0 aliphatic heterocycles. The molecule has 0 radical (unpaired) electrons. The molecule has 6 heteroatoms. The van der Waals surface area contributed by atoms with Crippen LogP contribution in [-0.2, 0) is 0 Å². The van der Waals surface area contributed by atoms with Crippen molar-refractivity contribution in [1.29, 1.82) is 0 Å². The van der Waals surface area contributed by atoms with Crippen LogP contribution in [0.1, 0.15) is 17.4 Å². The van der Waals surface area contributed by atoms with Crippen LogP contribution in [0.5, 0.6) is 11.5 Å². The van der Waals surface area contributed by atoms with Crippen molar-refractivity contribution in [2.75, 3.05) is 19.0 Å². The summed E-state index contributed by atoms with van der Waals surface area (Å²) in [4.78, 5) is 14.9. The van der Waals surface area contributed by atoms with Gasteiger partial charge in [0, 0.05) is 0 Å². The summed E-state index contributed by atoms with van der Waals surface area (Å²) < 4.78 is 10.8. The smallest absolute Gasteiger partial charge is 0.354 e. The fraction of sp³-hybridized carbons (Fsp3) is 0.250. The Hall–Kier alpha value is -2.76. The van der Waals surface area contributed by atoms with Crippen molar-refractivity contribution in [3.05, 3.63) is 48.2 Å². The third-order valence-corrected chi connectivity index (χ3v) is 2.94. The first kappa shape index (κ1) is 15.6. The van der Waals surface area contributed by atoms with Crippen LogP contribution in [0.15, 0.2) is 42.5 Å². The van der Waals surface area contributed by atoms with E-state index in [4.69, 9.17) is 14.6 Å². The van der Waals surface area contributed by atoms with Crippen LogP contribution in [0, 0.1) is 0 Å². The summed E-state index contributed by atoms with van der Waals surface area (Å²) in [7, 11) is 1.61. The number of carboxylic acids is 1. The maximum Gasteiger partial charge on any atom is 0.354 e. The lowest BCUT2D eigenvalue weighted by Gasteiger charge is -2.16. The summed E-state index contributed by atoms with van der Waals surface area (Å²) in [6.45, 7) is 2.42. The largest absolute Gasteiger partial charge is 0.497 e. The van der Waals surface area contributed by atoms with Crippen molar-refractivity contribution < 1.29 is 19.4 Å². The fourth-order valence-electron chi connectivity index (χ4n) is 1.83. The first-order valence-corrected chi connectivity index (χ1v) is 6.83. The molecule has 0 aliphatic carbocycles. The minimum Gasteiger partial charge on any atom is -0.497 e. The van der Waals surface area contributed by atoms with Crippen LogP contribution >= 0.6 is 0 Å². The standard InChI is InChI=1S/C16H18N2O4/c1-11(22-13-8-6-12(21-2)7-9-13)10-17-15-5-3-4-14(18-15)16(19)20/h3-9,11H,10H2,1-2H3,(H,17,18)(H,19,20). The third kappa shape index (κ3) is 4.37. The number of carbonyl (C=O) groups is 1. The zero-order chi connectivity index (χ0) is 15.9. The summed E-state index contributed by atoms with van der Waals surface area (Å²) >= 11 is 0. The zero-order valence-electron chi connectivity index (χ0n) is 12.4. The van der Waals surface area contributed by atoms with Crippen molar-refractivity contribution >= 4 is 11.8 Å². The van der Waals surface area contributed by atoms with Gasteiger partial charge in [0.1, 0.15) is 23.4 Å². The Kier molecular flexibility index (Phi) is 5.19. The maximum atomic E-state index is 10.9. The number of hydrogen-bond acceptors (Lipinski definition) is 5. The van der Waals surface area contributed by atoms with Gasteiger partial charge in [-0.3, -0.25) is 0 Å².